The molecule has 0 saturated carbocycles. The second kappa shape index (κ2) is 7.15. The van der Waals surface area contributed by atoms with Gasteiger partial charge >= 0.3 is 0 Å². The summed E-state index contributed by atoms with van der Waals surface area (Å²) in [4.78, 5) is 11.2. The first kappa shape index (κ1) is 16.8. The summed E-state index contributed by atoms with van der Waals surface area (Å²) in [6, 6.07) is 3.00. The fraction of sp³-hybridized carbons (Fsp3) is 0.562. The lowest BCUT2D eigenvalue weighted by molar-refractivity contribution is -0.120. The zero-order valence-corrected chi connectivity index (χ0v) is 12.7. The summed E-state index contributed by atoms with van der Waals surface area (Å²) >= 11 is 0. The van der Waals surface area contributed by atoms with Crippen molar-refractivity contribution < 1.29 is 18.7 Å². The number of hydrogen-bond donors (Lipinski definition) is 3. The number of benzene rings is 1. The number of piperidine rings is 1. The van der Waals surface area contributed by atoms with Crippen LogP contribution in [0, 0.1) is 11.6 Å². The molecular weight excluding hydrogens is 290 g/mol. The van der Waals surface area contributed by atoms with E-state index in [4.69, 9.17) is 0 Å². The number of rotatable bonds is 5. The van der Waals surface area contributed by atoms with E-state index in [2.05, 4.69) is 10.6 Å². The largest absolute Gasteiger partial charge is 0.386 e. The Morgan fingerprint density at radius 1 is 1.36 bits per heavy atom. The molecule has 22 heavy (non-hydrogen) atoms. The van der Waals surface area contributed by atoms with Gasteiger partial charge in [-0.25, -0.2) is 8.78 Å². The summed E-state index contributed by atoms with van der Waals surface area (Å²) in [6.07, 6.45) is 2.83. The molecule has 2 rings (SSSR count). The van der Waals surface area contributed by atoms with E-state index in [0.29, 0.717) is 5.56 Å². The molecule has 0 bridgehead atoms. The van der Waals surface area contributed by atoms with Gasteiger partial charge in [-0.3, -0.25) is 4.79 Å². The van der Waals surface area contributed by atoms with Crippen LogP contribution in [0.2, 0.25) is 0 Å². The summed E-state index contributed by atoms with van der Waals surface area (Å²) < 4.78 is 26.7. The van der Waals surface area contributed by atoms with Crippen LogP contribution >= 0.6 is 0 Å². The maximum atomic E-state index is 13.4. The summed E-state index contributed by atoms with van der Waals surface area (Å²) in [5, 5.41) is 16.9. The Bertz CT molecular complexity index is 513. The van der Waals surface area contributed by atoms with Crippen LogP contribution in [-0.4, -0.2) is 35.7 Å². The van der Waals surface area contributed by atoms with Gasteiger partial charge in [0.2, 0.25) is 5.91 Å². The van der Waals surface area contributed by atoms with Crippen molar-refractivity contribution >= 4 is 5.91 Å². The molecule has 2 atom stereocenters. The fourth-order valence-corrected chi connectivity index (χ4v) is 2.96. The highest BCUT2D eigenvalue weighted by Crippen LogP contribution is 2.24. The Morgan fingerprint density at radius 3 is 2.59 bits per heavy atom. The van der Waals surface area contributed by atoms with Crippen molar-refractivity contribution in [2.24, 2.45) is 0 Å². The van der Waals surface area contributed by atoms with E-state index in [9.17, 15) is 18.7 Å². The lowest BCUT2D eigenvalue weighted by Gasteiger charge is -2.39. The highest BCUT2D eigenvalue weighted by Gasteiger charge is 2.37. The molecule has 0 spiro atoms. The molecule has 1 aliphatic heterocycles. The second-order valence-corrected chi connectivity index (χ2v) is 5.97. The van der Waals surface area contributed by atoms with Crippen molar-refractivity contribution in [3.63, 3.8) is 0 Å². The fourth-order valence-electron chi connectivity index (χ4n) is 2.96. The minimum Gasteiger partial charge on any atom is -0.386 e. The first-order valence-corrected chi connectivity index (χ1v) is 7.54. The Kier molecular flexibility index (Phi) is 5.47. The first-order valence-electron chi connectivity index (χ1n) is 7.54. The molecule has 0 radical (unpaired) electrons. The van der Waals surface area contributed by atoms with Crippen LogP contribution < -0.4 is 10.6 Å². The van der Waals surface area contributed by atoms with E-state index in [1.54, 1.807) is 0 Å². The molecule has 1 heterocycles. The Morgan fingerprint density at radius 2 is 2.05 bits per heavy atom. The van der Waals surface area contributed by atoms with E-state index < -0.39 is 17.2 Å². The quantitative estimate of drug-likeness (QED) is 0.772. The smallest absolute Gasteiger partial charge is 0.216 e. The van der Waals surface area contributed by atoms with Crippen molar-refractivity contribution in [3.8, 4) is 0 Å². The molecule has 1 aromatic carbocycles. The van der Waals surface area contributed by atoms with Gasteiger partial charge in [0.15, 0.2) is 0 Å². The van der Waals surface area contributed by atoms with E-state index in [1.165, 1.54) is 19.1 Å². The average Bonchev–Trinajstić information content (AvgIpc) is 2.45. The number of carbonyl (C=O) groups is 1. The molecule has 1 amide bonds. The lowest BCUT2D eigenvalue weighted by atomic mass is 9.82. The zero-order chi connectivity index (χ0) is 16.2. The van der Waals surface area contributed by atoms with Crippen molar-refractivity contribution in [1.82, 2.24) is 10.6 Å². The number of halogens is 2. The van der Waals surface area contributed by atoms with Crippen LogP contribution in [0.25, 0.3) is 0 Å². The Hall–Kier alpha value is -1.53. The molecule has 2 unspecified atom stereocenters. The third kappa shape index (κ3) is 4.48. The van der Waals surface area contributed by atoms with Crippen molar-refractivity contribution in [1.29, 1.82) is 0 Å². The summed E-state index contributed by atoms with van der Waals surface area (Å²) in [7, 11) is 0. The number of carbonyl (C=O) groups excluding carboxylic acids is 1. The molecular formula is C16H22F2N2O2. The molecule has 4 nitrogen and oxygen atoms in total. The van der Waals surface area contributed by atoms with Gasteiger partial charge < -0.3 is 15.7 Å². The third-order valence-corrected chi connectivity index (χ3v) is 4.03. The molecule has 3 N–H and O–H groups in total. The highest BCUT2D eigenvalue weighted by molar-refractivity contribution is 5.72. The number of aliphatic hydroxyl groups is 1. The van der Waals surface area contributed by atoms with Gasteiger partial charge in [-0.1, -0.05) is 6.42 Å². The van der Waals surface area contributed by atoms with E-state index in [1.807, 2.05) is 0 Å². The van der Waals surface area contributed by atoms with Crippen molar-refractivity contribution in [2.75, 3.05) is 13.1 Å². The summed E-state index contributed by atoms with van der Waals surface area (Å²) in [6.45, 7) is 2.19. The van der Waals surface area contributed by atoms with Crippen LogP contribution in [0.4, 0.5) is 8.78 Å². The van der Waals surface area contributed by atoms with Gasteiger partial charge in [0.1, 0.15) is 17.2 Å². The van der Waals surface area contributed by atoms with Gasteiger partial charge in [-0.15, -0.1) is 0 Å². The first-order chi connectivity index (χ1) is 10.4. The number of amides is 1. The topological polar surface area (TPSA) is 61.4 Å². The lowest BCUT2D eigenvalue weighted by Crippen LogP contribution is -2.59. The van der Waals surface area contributed by atoms with Crippen LogP contribution in [0.1, 0.15) is 31.7 Å². The monoisotopic (exact) mass is 312 g/mol. The molecule has 1 fully saturated rings. The normalized spacial score (nSPS) is 21.2. The average molecular weight is 312 g/mol. The molecule has 1 aromatic rings. The third-order valence-electron chi connectivity index (χ3n) is 4.03. The summed E-state index contributed by atoms with van der Waals surface area (Å²) in [5.41, 5.74) is -0.912. The zero-order valence-electron chi connectivity index (χ0n) is 12.7. The SMILES string of the molecule is CC(=O)NCC(O)(Cc1cc(F)cc(F)c1)C1CCCCN1. The highest BCUT2D eigenvalue weighted by atomic mass is 19.1. The maximum absolute atomic E-state index is 13.4. The maximum Gasteiger partial charge on any atom is 0.216 e. The molecule has 0 aliphatic carbocycles. The standard InChI is InChI=1S/C16H22F2N2O2/c1-11(21)20-10-16(22,15-4-2-3-5-19-15)9-12-6-13(17)8-14(18)7-12/h6-8,15,19,22H,2-5,9-10H2,1H3,(H,20,21). The van der Waals surface area contributed by atoms with E-state index in [-0.39, 0.29) is 24.9 Å². The van der Waals surface area contributed by atoms with Crippen LogP contribution in [0.3, 0.4) is 0 Å². The number of hydrogen-bond acceptors (Lipinski definition) is 3. The summed E-state index contributed by atoms with van der Waals surface area (Å²) in [5.74, 6) is -1.60. The van der Waals surface area contributed by atoms with E-state index >= 15 is 0 Å². The van der Waals surface area contributed by atoms with Gasteiger partial charge in [0.05, 0.1) is 0 Å². The van der Waals surface area contributed by atoms with Gasteiger partial charge in [0, 0.05) is 32.0 Å². The molecule has 6 heteroatoms. The molecule has 1 saturated heterocycles. The van der Waals surface area contributed by atoms with Crippen LogP contribution in [-0.2, 0) is 11.2 Å². The van der Waals surface area contributed by atoms with Crippen molar-refractivity contribution in [3.05, 3.63) is 35.4 Å². The second-order valence-electron chi connectivity index (χ2n) is 5.97. The Labute approximate surface area is 128 Å². The predicted octanol–water partition coefficient (Wildman–Crippen LogP) is 1.52. The van der Waals surface area contributed by atoms with Gasteiger partial charge in [-0.05, 0) is 37.1 Å². The van der Waals surface area contributed by atoms with Gasteiger partial charge in [-0.2, -0.15) is 0 Å². The number of nitrogens with one attached hydrogen (secondary N) is 2. The van der Waals surface area contributed by atoms with Crippen molar-refractivity contribution in [2.45, 2.75) is 44.2 Å². The minimum atomic E-state index is -1.29. The molecule has 122 valence electrons. The van der Waals surface area contributed by atoms with Crippen LogP contribution in [0.5, 0.6) is 0 Å². The van der Waals surface area contributed by atoms with Crippen LogP contribution in [0.15, 0.2) is 18.2 Å². The Balaban J connectivity index is 2.20. The molecule has 0 aromatic heterocycles. The molecule has 1 aliphatic rings. The predicted molar refractivity (Wildman–Crippen MR) is 79.3 cm³/mol. The minimum absolute atomic E-state index is 0.0398. The van der Waals surface area contributed by atoms with Gasteiger partial charge in [0.25, 0.3) is 0 Å². The van der Waals surface area contributed by atoms with E-state index in [0.717, 1.165) is 31.9 Å².